The van der Waals surface area contributed by atoms with Crippen LogP contribution in [0.4, 0.5) is 0 Å². The normalized spacial score (nSPS) is 12.2. The van der Waals surface area contributed by atoms with Crippen molar-refractivity contribution in [3.63, 3.8) is 0 Å². The van der Waals surface area contributed by atoms with Gasteiger partial charge in [-0.05, 0) is 12.6 Å². The molecule has 0 heterocycles. The highest BCUT2D eigenvalue weighted by molar-refractivity contribution is 9.09. The molecule has 3 nitrogen and oxygen atoms in total. The number of ketones is 1. The smallest absolute Gasteiger partial charge is 0.293 e. The topological polar surface area (TPSA) is 37.4 Å². The number of benzene rings is 1. The highest BCUT2D eigenvalue weighted by Gasteiger charge is 2.18. The van der Waals surface area contributed by atoms with Crippen LogP contribution in [0.2, 0.25) is 0 Å². The summed E-state index contributed by atoms with van der Waals surface area (Å²) in [5.41, 5.74) is 0.923. The molecule has 1 unspecified atom stereocenters. The van der Waals surface area contributed by atoms with Crippen LogP contribution in [0, 0.1) is 0 Å². The van der Waals surface area contributed by atoms with Gasteiger partial charge in [-0.25, -0.2) is 0 Å². The molecule has 1 radical (unpaired) electrons. The average molecular weight is 281 g/mol. The predicted octanol–water partition coefficient (Wildman–Crippen LogP) is 1.43. The van der Waals surface area contributed by atoms with E-state index in [0.717, 1.165) is 5.56 Å². The first kappa shape index (κ1) is 13.1. The largest absolute Gasteiger partial charge is 0.336 e. The molecule has 0 saturated heterocycles. The van der Waals surface area contributed by atoms with E-state index in [0.29, 0.717) is 6.19 Å². The van der Waals surface area contributed by atoms with Crippen LogP contribution in [0.1, 0.15) is 10.4 Å². The first-order chi connectivity index (χ1) is 7.65. The van der Waals surface area contributed by atoms with Gasteiger partial charge in [-0.1, -0.05) is 46.3 Å². The summed E-state index contributed by atoms with van der Waals surface area (Å²) in [4.78, 5) is 23.3. The molecule has 83 valence electrons. The Hall–Kier alpha value is -0.935. The minimum absolute atomic E-state index is 0.0202. The second kappa shape index (κ2) is 6.61. The summed E-state index contributed by atoms with van der Waals surface area (Å²) in [5.74, 6) is 0.0202. The number of carbonyl (C=O) groups excluding carboxylic acids is 2. The molecule has 0 bridgehead atoms. The molecule has 1 aromatic rings. The highest BCUT2D eigenvalue weighted by atomic mass is 79.9. The molecule has 16 heavy (non-hydrogen) atoms. The van der Waals surface area contributed by atoms with E-state index in [1.807, 2.05) is 30.3 Å². The molecular formula is C11H12BBrNO2. The number of hydrogen-bond acceptors (Lipinski definition) is 3. The summed E-state index contributed by atoms with van der Waals surface area (Å²) in [6.45, 7) is 0.212. The van der Waals surface area contributed by atoms with Crippen LogP contribution in [-0.2, 0) is 9.59 Å². The number of Topliss-reactive ketones (excluding diaryl/α,β-unsaturated/α-hetero) is 1. The Balaban J connectivity index is 2.58. The van der Waals surface area contributed by atoms with Gasteiger partial charge in [0.05, 0.1) is 11.0 Å². The molecule has 0 aliphatic heterocycles. The Morgan fingerprint density at radius 2 is 2.12 bits per heavy atom. The number of hydrogen-bond donors (Lipinski definition) is 0. The number of rotatable bonds is 6. The number of alkyl halides is 1. The van der Waals surface area contributed by atoms with E-state index in [4.69, 9.17) is 0 Å². The van der Waals surface area contributed by atoms with E-state index < -0.39 is 0 Å². The third-order valence-electron chi connectivity index (χ3n) is 2.10. The highest BCUT2D eigenvalue weighted by Crippen LogP contribution is 2.23. The van der Waals surface area contributed by atoms with E-state index in [-0.39, 0.29) is 17.2 Å². The molecule has 0 aliphatic carbocycles. The Kier molecular flexibility index (Phi) is 5.42. The van der Waals surface area contributed by atoms with E-state index in [2.05, 4.69) is 15.9 Å². The zero-order valence-electron chi connectivity index (χ0n) is 8.97. The molecule has 0 saturated carbocycles. The number of likely N-dealkylation sites (N-methyl/N-ethyl adjacent to an activating group) is 1. The maximum Gasteiger partial charge on any atom is 0.293 e. The van der Waals surface area contributed by atoms with Crippen molar-refractivity contribution in [2.45, 2.75) is 4.83 Å². The molecule has 0 amide bonds. The number of nitrogens with zero attached hydrogens (tertiary/aromatic N) is 1. The van der Waals surface area contributed by atoms with Gasteiger partial charge >= 0.3 is 0 Å². The van der Waals surface area contributed by atoms with Gasteiger partial charge in [-0.2, -0.15) is 0 Å². The van der Waals surface area contributed by atoms with Crippen molar-refractivity contribution in [1.82, 2.24) is 4.81 Å². The quantitative estimate of drug-likeness (QED) is 0.450. The van der Waals surface area contributed by atoms with Crippen molar-refractivity contribution in [3.05, 3.63) is 35.9 Å². The lowest BCUT2D eigenvalue weighted by Gasteiger charge is -2.14. The Bertz CT molecular complexity index is 358. The van der Waals surface area contributed by atoms with Gasteiger partial charge in [0.25, 0.3) is 7.41 Å². The molecule has 0 fully saturated rings. The fourth-order valence-corrected chi connectivity index (χ4v) is 1.74. The summed E-state index contributed by atoms with van der Waals surface area (Å²) in [7, 11) is 3.03. The van der Waals surface area contributed by atoms with Crippen molar-refractivity contribution in [3.8, 4) is 0 Å². The lowest BCUT2D eigenvalue weighted by atomic mass is 9.95. The summed E-state index contributed by atoms with van der Waals surface area (Å²) < 4.78 is 0. The predicted molar refractivity (Wildman–Crippen MR) is 68.3 cm³/mol. The van der Waals surface area contributed by atoms with Crippen molar-refractivity contribution in [2.24, 2.45) is 0 Å². The Morgan fingerprint density at radius 1 is 1.50 bits per heavy atom. The van der Waals surface area contributed by atoms with Crippen LogP contribution in [0.15, 0.2) is 30.3 Å². The first-order valence-corrected chi connectivity index (χ1v) is 5.77. The molecule has 0 aromatic heterocycles. The van der Waals surface area contributed by atoms with Gasteiger partial charge in [-0.3, -0.25) is 4.79 Å². The van der Waals surface area contributed by atoms with Gasteiger partial charge in [0.1, 0.15) is 0 Å². The summed E-state index contributed by atoms with van der Waals surface area (Å²) in [6.07, 6.45) is 0.666. The Labute approximate surface area is 104 Å². The summed E-state index contributed by atoms with van der Waals surface area (Å²) >= 11 is 3.35. The molecule has 5 heteroatoms. The van der Waals surface area contributed by atoms with Crippen molar-refractivity contribution in [1.29, 1.82) is 0 Å². The third-order valence-corrected chi connectivity index (χ3v) is 3.13. The van der Waals surface area contributed by atoms with Gasteiger partial charge in [0, 0.05) is 6.54 Å². The van der Waals surface area contributed by atoms with Crippen LogP contribution in [0.25, 0.3) is 0 Å². The minimum atomic E-state index is -0.323. The summed E-state index contributed by atoms with van der Waals surface area (Å²) in [5, 5.41) is 0. The van der Waals surface area contributed by atoms with Crippen LogP contribution in [-0.4, -0.2) is 37.8 Å². The second-order valence-electron chi connectivity index (χ2n) is 3.44. The maximum absolute atomic E-state index is 11.8. The van der Waals surface area contributed by atoms with Crippen LogP contribution in [0.3, 0.4) is 0 Å². The number of carbonyl (C=O) groups is 2. The number of halogens is 1. The standard InChI is InChI=1S/C11H12BBrNO2/c1-14(12-8-15)7-10(16)11(13)9-5-3-2-4-6-9/h2-6,8,11H,7H2,1H3. The minimum Gasteiger partial charge on any atom is -0.336 e. The SMILES string of the molecule is CN([B]C=O)CC(=O)C(Br)c1ccccc1. The molecule has 0 aliphatic rings. The third kappa shape index (κ3) is 3.91. The molecule has 0 N–H and O–H groups in total. The first-order valence-electron chi connectivity index (χ1n) is 4.85. The van der Waals surface area contributed by atoms with Gasteiger partial charge in [-0.15, -0.1) is 0 Å². The van der Waals surface area contributed by atoms with Gasteiger partial charge in [0.2, 0.25) is 0 Å². The fraction of sp³-hybridized carbons (Fsp3) is 0.273. The maximum atomic E-state index is 11.8. The average Bonchev–Trinajstić information content (AvgIpc) is 2.29. The molecule has 1 rings (SSSR count). The van der Waals surface area contributed by atoms with E-state index >= 15 is 0 Å². The van der Waals surface area contributed by atoms with E-state index in [9.17, 15) is 9.59 Å². The lowest BCUT2D eigenvalue weighted by Crippen LogP contribution is -2.31. The van der Waals surface area contributed by atoms with Crippen molar-refractivity contribution < 1.29 is 9.59 Å². The molecule has 1 atom stereocenters. The van der Waals surface area contributed by atoms with Gasteiger partial charge in [0.15, 0.2) is 5.78 Å². The van der Waals surface area contributed by atoms with E-state index in [1.54, 1.807) is 11.9 Å². The fourth-order valence-electron chi connectivity index (χ4n) is 1.29. The van der Waals surface area contributed by atoms with Crippen LogP contribution in [0.5, 0.6) is 0 Å². The van der Waals surface area contributed by atoms with Crippen LogP contribution < -0.4 is 0 Å². The van der Waals surface area contributed by atoms with Crippen molar-refractivity contribution >= 4 is 35.3 Å². The molecular weight excluding hydrogens is 269 g/mol. The van der Waals surface area contributed by atoms with Crippen molar-refractivity contribution in [2.75, 3.05) is 13.6 Å². The summed E-state index contributed by atoms with van der Waals surface area (Å²) in [6, 6.07) is 9.46. The second-order valence-corrected chi connectivity index (χ2v) is 4.36. The zero-order chi connectivity index (χ0) is 12.0. The molecule has 0 spiro atoms. The van der Waals surface area contributed by atoms with E-state index in [1.165, 1.54) is 7.41 Å². The van der Waals surface area contributed by atoms with Gasteiger partial charge < -0.3 is 9.61 Å². The zero-order valence-corrected chi connectivity index (χ0v) is 10.6. The monoisotopic (exact) mass is 280 g/mol. The molecule has 1 aromatic carbocycles. The Morgan fingerprint density at radius 3 is 2.69 bits per heavy atom. The lowest BCUT2D eigenvalue weighted by molar-refractivity contribution is -0.118. The van der Waals surface area contributed by atoms with Crippen LogP contribution >= 0.6 is 15.9 Å².